The molecule has 2 rings (SSSR count). The molecule has 0 aliphatic carbocycles. The van der Waals surface area contributed by atoms with Crippen molar-refractivity contribution in [2.24, 2.45) is 0 Å². The SMILES string of the molecule is COCC(NC(=O)C(c1ccccc1)N1CCCCC1=O)C(=O)O. The highest BCUT2D eigenvalue weighted by Crippen LogP contribution is 2.25. The number of carbonyl (C=O) groups is 3. The van der Waals surface area contributed by atoms with Crippen LogP contribution in [0.1, 0.15) is 30.9 Å². The van der Waals surface area contributed by atoms with Crippen LogP contribution >= 0.6 is 0 Å². The van der Waals surface area contributed by atoms with Crippen molar-refractivity contribution in [2.45, 2.75) is 31.3 Å². The number of hydrogen-bond acceptors (Lipinski definition) is 4. The van der Waals surface area contributed by atoms with Gasteiger partial charge in [-0.25, -0.2) is 4.79 Å². The Morgan fingerprint density at radius 3 is 2.58 bits per heavy atom. The number of amides is 2. The summed E-state index contributed by atoms with van der Waals surface area (Å²) in [5.74, 6) is -1.79. The molecule has 7 nitrogen and oxygen atoms in total. The van der Waals surface area contributed by atoms with Gasteiger partial charge in [-0.2, -0.15) is 0 Å². The minimum atomic E-state index is -1.18. The summed E-state index contributed by atoms with van der Waals surface area (Å²) in [6.07, 6.45) is 2.03. The maximum atomic E-state index is 12.8. The van der Waals surface area contributed by atoms with E-state index in [1.807, 2.05) is 6.07 Å². The van der Waals surface area contributed by atoms with Gasteiger partial charge in [0.25, 0.3) is 0 Å². The van der Waals surface area contributed by atoms with Crippen LogP contribution in [0.5, 0.6) is 0 Å². The molecule has 2 N–H and O–H groups in total. The summed E-state index contributed by atoms with van der Waals surface area (Å²) in [6, 6.07) is 6.92. The number of nitrogens with zero attached hydrogens (tertiary/aromatic N) is 1. The van der Waals surface area contributed by atoms with Crippen LogP contribution in [0.25, 0.3) is 0 Å². The van der Waals surface area contributed by atoms with Gasteiger partial charge in [0, 0.05) is 20.1 Å². The molecule has 130 valence electrons. The molecule has 1 heterocycles. The average molecular weight is 334 g/mol. The number of hydrogen-bond donors (Lipinski definition) is 2. The maximum Gasteiger partial charge on any atom is 0.328 e. The number of carbonyl (C=O) groups excluding carboxylic acids is 2. The van der Waals surface area contributed by atoms with Crippen LogP contribution in [0.15, 0.2) is 30.3 Å². The molecular formula is C17H22N2O5. The Morgan fingerprint density at radius 2 is 2.00 bits per heavy atom. The fourth-order valence-electron chi connectivity index (χ4n) is 2.80. The standard InChI is InChI=1S/C17H22N2O5/c1-24-11-13(17(22)23)18-16(21)15(12-7-3-2-4-8-12)19-10-6-5-9-14(19)20/h2-4,7-8,13,15H,5-6,9-11H2,1H3,(H,18,21)(H,22,23). The highest BCUT2D eigenvalue weighted by Gasteiger charge is 2.34. The lowest BCUT2D eigenvalue weighted by atomic mass is 10.00. The summed E-state index contributed by atoms with van der Waals surface area (Å²) in [5, 5.41) is 11.7. The molecule has 1 aromatic carbocycles. The van der Waals surface area contributed by atoms with E-state index in [1.54, 1.807) is 24.3 Å². The van der Waals surface area contributed by atoms with E-state index in [9.17, 15) is 19.5 Å². The fraction of sp³-hybridized carbons (Fsp3) is 0.471. The monoisotopic (exact) mass is 334 g/mol. The van der Waals surface area contributed by atoms with E-state index < -0.39 is 24.0 Å². The van der Waals surface area contributed by atoms with Gasteiger partial charge in [0.1, 0.15) is 6.04 Å². The number of benzene rings is 1. The number of rotatable bonds is 7. The molecule has 0 spiro atoms. The summed E-state index contributed by atoms with van der Waals surface area (Å²) >= 11 is 0. The second kappa shape index (κ2) is 8.44. The molecule has 2 atom stereocenters. The lowest BCUT2D eigenvalue weighted by molar-refractivity contribution is -0.147. The van der Waals surface area contributed by atoms with Crippen LogP contribution in [-0.2, 0) is 19.1 Å². The fourth-order valence-corrected chi connectivity index (χ4v) is 2.80. The smallest absolute Gasteiger partial charge is 0.328 e. The first kappa shape index (κ1) is 17.9. The summed E-state index contributed by atoms with van der Waals surface area (Å²) < 4.78 is 4.84. The first-order valence-corrected chi connectivity index (χ1v) is 7.91. The van der Waals surface area contributed by atoms with Gasteiger partial charge >= 0.3 is 5.97 Å². The molecule has 7 heteroatoms. The van der Waals surface area contributed by atoms with Gasteiger partial charge in [0.05, 0.1) is 6.61 Å². The third kappa shape index (κ3) is 4.32. The van der Waals surface area contributed by atoms with Crippen molar-refractivity contribution in [2.75, 3.05) is 20.3 Å². The van der Waals surface area contributed by atoms with Crippen molar-refractivity contribution in [3.8, 4) is 0 Å². The molecule has 1 aliphatic rings. The number of carboxylic acids is 1. The van der Waals surface area contributed by atoms with Gasteiger partial charge in [-0.3, -0.25) is 9.59 Å². The predicted octanol–water partition coefficient (Wildman–Crippen LogP) is 0.956. The van der Waals surface area contributed by atoms with Crippen molar-refractivity contribution < 1.29 is 24.2 Å². The molecule has 1 fully saturated rings. The highest BCUT2D eigenvalue weighted by molar-refractivity contribution is 5.91. The molecule has 1 aliphatic heterocycles. The molecule has 1 saturated heterocycles. The molecule has 1 aromatic rings. The van der Waals surface area contributed by atoms with Crippen molar-refractivity contribution in [3.05, 3.63) is 35.9 Å². The average Bonchev–Trinajstić information content (AvgIpc) is 2.57. The number of ether oxygens (including phenoxy) is 1. The van der Waals surface area contributed by atoms with Gasteiger partial charge in [0.2, 0.25) is 11.8 Å². The first-order valence-electron chi connectivity index (χ1n) is 7.91. The number of carboxylic acid groups (broad SMARTS) is 1. The van der Waals surface area contributed by atoms with E-state index in [4.69, 9.17) is 4.74 Å². The van der Waals surface area contributed by atoms with Crippen molar-refractivity contribution in [3.63, 3.8) is 0 Å². The maximum absolute atomic E-state index is 12.8. The summed E-state index contributed by atoms with van der Waals surface area (Å²) in [6.45, 7) is 0.338. The summed E-state index contributed by atoms with van der Waals surface area (Å²) in [4.78, 5) is 37.8. The zero-order chi connectivity index (χ0) is 17.5. The van der Waals surface area contributed by atoms with Gasteiger partial charge in [0.15, 0.2) is 6.04 Å². The van der Waals surface area contributed by atoms with Crippen LogP contribution in [0.3, 0.4) is 0 Å². The van der Waals surface area contributed by atoms with Crippen molar-refractivity contribution in [1.29, 1.82) is 0 Å². The van der Waals surface area contributed by atoms with E-state index in [0.717, 1.165) is 12.8 Å². The van der Waals surface area contributed by atoms with Crippen LogP contribution in [0.2, 0.25) is 0 Å². The van der Waals surface area contributed by atoms with Crippen molar-refractivity contribution in [1.82, 2.24) is 10.2 Å². The Morgan fingerprint density at radius 1 is 1.29 bits per heavy atom. The van der Waals surface area contributed by atoms with Gasteiger partial charge in [-0.1, -0.05) is 30.3 Å². The minimum absolute atomic E-state index is 0.0936. The first-order chi connectivity index (χ1) is 11.5. The number of nitrogens with one attached hydrogen (secondary N) is 1. The van der Waals surface area contributed by atoms with Crippen molar-refractivity contribution >= 4 is 17.8 Å². The zero-order valence-electron chi connectivity index (χ0n) is 13.6. The predicted molar refractivity (Wildman–Crippen MR) is 86.2 cm³/mol. The summed E-state index contributed by atoms with van der Waals surface area (Å²) in [7, 11) is 1.37. The molecule has 2 unspecified atom stereocenters. The number of likely N-dealkylation sites (tertiary alicyclic amines) is 1. The molecular weight excluding hydrogens is 312 g/mol. The largest absolute Gasteiger partial charge is 0.480 e. The molecule has 0 radical (unpaired) electrons. The molecule has 2 amide bonds. The van der Waals surface area contributed by atoms with Crippen LogP contribution in [-0.4, -0.2) is 54.1 Å². The Kier molecular flexibility index (Phi) is 6.31. The molecule has 24 heavy (non-hydrogen) atoms. The van der Waals surface area contributed by atoms with Gasteiger partial charge in [-0.05, 0) is 18.4 Å². The lowest BCUT2D eigenvalue weighted by Gasteiger charge is -2.34. The van der Waals surface area contributed by atoms with E-state index in [-0.39, 0.29) is 12.5 Å². The Hall–Kier alpha value is -2.41. The molecule has 0 bridgehead atoms. The van der Waals surface area contributed by atoms with Crippen LogP contribution in [0.4, 0.5) is 0 Å². The van der Waals surface area contributed by atoms with E-state index in [0.29, 0.717) is 18.5 Å². The van der Waals surface area contributed by atoms with E-state index in [1.165, 1.54) is 12.0 Å². The van der Waals surface area contributed by atoms with E-state index >= 15 is 0 Å². The second-order valence-electron chi connectivity index (χ2n) is 5.71. The minimum Gasteiger partial charge on any atom is -0.480 e. The summed E-state index contributed by atoms with van der Waals surface area (Å²) in [5.41, 5.74) is 0.659. The Bertz CT molecular complexity index is 590. The van der Waals surface area contributed by atoms with E-state index in [2.05, 4.69) is 5.32 Å². The topological polar surface area (TPSA) is 95.9 Å². The van der Waals surface area contributed by atoms with Gasteiger partial charge in [-0.15, -0.1) is 0 Å². The molecule has 0 aromatic heterocycles. The lowest BCUT2D eigenvalue weighted by Crippen LogP contribution is -2.51. The number of methoxy groups -OCH3 is 1. The van der Waals surface area contributed by atoms with Crippen LogP contribution in [0, 0.1) is 0 Å². The number of aliphatic carboxylic acids is 1. The third-order valence-electron chi connectivity index (χ3n) is 3.98. The quantitative estimate of drug-likeness (QED) is 0.774. The Balaban J connectivity index is 2.26. The van der Waals surface area contributed by atoms with Gasteiger partial charge < -0.3 is 20.1 Å². The second-order valence-corrected chi connectivity index (χ2v) is 5.71. The third-order valence-corrected chi connectivity index (χ3v) is 3.98. The van der Waals surface area contributed by atoms with Crippen LogP contribution < -0.4 is 5.32 Å². The zero-order valence-corrected chi connectivity index (χ0v) is 13.6. The Labute approximate surface area is 140 Å². The number of piperidine rings is 1. The normalized spacial score (nSPS) is 17.2. The molecule has 0 saturated carbocycles. The highest BCUT2D eigenvalue weighted by atomic mass is 16.5.